The first-order valence-electron chi connectivity index (χ1n) is 8.81. The molecule has 2 nitrogen and oxygen atoms in total. The van der Waals surface area contributed by atoms with Gasteiger partial charge in [0, 0.05) is 19.1 Å². The predicted octanol–water partition coefficient (Wildman–Crippen LogP) is 3.28. The van der Waals surface area contributed by atoms with Crippen LogP contribution in [0.3, 0.4) is 0 Å². The van der Waals surface area contributed by atoms with E-state index < -0.39 is 0 Å². The molecule has 110 valence electrons. The van der Waals surface area contributed by atoms with Gasteiger partial charge in [0.25, 0.3) is 0 Å². The highest BCUT2D eigenvalue weighted by Gasteiger charge is 2.40. The summed E-state index contributed by atoms with van der Waals surface area (Å²) in [7, 11) is 0. The second kappa shape index (κ2) is 6.58. The van der Waals surface area contributed by atoms with Gasteiger partial charge >= 0.3 is 0 Å². The first-order valence-corrected chi connectivity index (χ1v) is 8.81. The lowest BCUT2D eigenvalue weighted by Crippen LogP contribution is -2.48. The molecule has 3 aliphatic rings. The van der Waals surface area contributed by atoms with Gasteiger partial charge in [-0.1, -0.05) is 19.8 Å². The van der Waals surface area contributed by atoms with Gasteiger partial charge in [-0.25, -0.2) is 0 Å². The van der Waals surface area contributed by atoms with E-state index in [1.165, 1.54) is 51.9 Å². The molecule has 0 aromatic rings. The smallest absolute Gasteiger partial charge is 0.0220 e. The third kappa shape index (κ3) is 3.33. The number of hydrogen-bond acceptors (Lipinski definition) is 2. The van der Waals surface area contributed by atoms with Gasteiger partial charge in [-0.3, -0.25) is 4.90 Å². The number of likely N-dealkylation sites (tertiary alicyclic amines) is 1. The van der Waals surface area contributed by atoms with Crippen molar-refractivity contribution in [2.24, 2.45) is 17.8 Å². The highest BCUT2D eigenvalue weighted by molar-refractivity contribution is 4.92. The van der Waals surface area contributed by atoms with Gasteiger partial charge in [-0.2, -0.15) is 0 Å². The van der Waals surface area contributed by atoms with Crippen LogP contribution in [-0.2, 0) is 0 Å². The lowest BCUT2D eigenvalue weighted by molar-refractivity contribution is 0.106. The molecule has 2 saturated carbocycles. The van der Waals surface area contributed by atoms with Crippen molar-refractivity contribution < 1.29 is 0 Å². The number of nitrogens with one attached hydrogen (secondary N) is 1. The topological polar surface area (TPSA) is 15.3 Å². The van der Waals surface area contributed by atoms with Crippen LogP contribution >= 0.6 is 0 Å². The largest absolute Gasteiger partial charge is 0.315 e. The van der Waals surface area contributed by atoms with E-state index in [2.05, 4.69) is 17.1 Å². The molecular weight excluding hydrogens is 232 g/mol. The van der Waals surface area contributed by atoms with Crippen molar-refractivity contribution >= 4 is 0 Å². The minimum absolute atomic E-state index is 0.833. The average Bonchev–Trinajstić information content (AvgIpc) is 3.03. The fourth-order valence-electron chi connectivity index (χ4n) is 4.88. The second-order valence-corrected chi connectivity index (χ2v) is 7.28. The van der Waals surface area contributed by atoms with Crippen LogP contribution in [0.1, 0.15) is 58.3 Å². The van der Waals surface area contributed by atoms with Crippen LogP contribution in [0.4, 0.5) is 0 Å². The van der Waals surface area contributed by atoms with E-state index in [-0.39, 0.29) is 0 Å². The molecule has 4 atom stereocenters. The van der Waals surface area contributed by atoms with E-state index in [4.69, 9.17) is 0 Å². The molecule has 19 heavy (non-hydrogen) atoms. The quantitative estimate of drug-likeness (QED) is 0.741. The molecule has 4 unspecified atom stereocenters. The maximum atomic E-state index is 3.65. The molecule has 2 bridgehead atoms. The maximum Gasteiger partial charge on any atom is 0.0220 e. The summed E-state index contributed by atoms with van der Waals surface area (Å²) in [5.74, 6) is 3.25. The molecule has 1 heterocycles. The third-order valence-corrected chi connectivity index (χ3v) is 5.91. The van der Waals surface area contributed by atoms with Crippen LogP contribution in [0.5, 0.6) is 0 Å². The Balaban J connectivity index is 1.49. The minimum Gasteiger partial charge on any atom is -0.315 e. The van der Waals surface area contributed by atoms with Crippen molar-refractivity contribution in [2.75, 3.05) is 26.2 Å². The van der Waals surface area contributed by atoms with Crippen LogP contribution in [0.2, 0.25) is 0 Å². The number of nitrogens with zero attached hydrogens (tertiary/aromatic N) is 1. The highest BCUT2D eigenvalue weighted by Crippen LogP contribution is 2.48. The molecule has 0 amide bonds. The third-order valence-electron chi connectivity index (χ3n) is 5.91. The van der Waals surface area contributed by atoms with Crippen molar-refractivity contribution in [3.05, 3.63) is 0 Å². The van der Waals surface area contributed by atoms with Gasteiger partial charge < -0.3 is 5.32 Å². The number of fused-ring (bicyclic) bond motifs is 2. The first-order chi connectivity index (χ1) is 9.36. The van der Waals surface area contributed by atoms with Gasteiger partial charge in [0.2, 0.25) is 0 Å². The summed E-state index contributed by atoms with van der Waals surface area (Å²) in [5, 5.41) is 3.65. The molecule has 0 radical (unpaired) electrons. The standard InChI is InChI=1S/C17H32N2/c1-2-8-18-12-17-5-3-4-9-19(17)13-16-11-14-6-7-15(16)10-14/h14-18H,2-13H2,1H3. The van der Waals surface area contributed by atoms with Crippen LogP contribution < -0.4 is 5.32 Å². The van der Waals surface area contributed by atoms with E-state index in [1.807, 2.05) is 0 Å². The zero-order valence-electron chi connectivity index (χ0n) is 12.7. The molecule has 2 heteroatoms. The first kappa shape index (κ1) is 13.9. The fourth-order valence-corrected chi connectivity index (χ4v) is 4.88. The van der Waals surface area contributed by atoms with Crippen molar-refractivity contribution in [3.63, 3.8) is 0 Å². The lowest BCUT2D eigenvalue weighted by Gasteiger charge is -2.39. The minimum atomic E-state index is 0.833. The Morgan fingerprint density at radius 1 is 1.11 bits per heavy atom. The SMILES string of the molecule is CCCNCC1CCCCN1CC1CC2CCC1C2. The normalized spacial score (nSPS) is 39.0. The van der Waals surface area contributed by atoms with E-state index >= 15 is 0 Å². The zero-order valence-corrected chi connectivity index (χ0v) is 12.7. The summed E-state index contributed by atoms with van der Waals surface area (Å²) in [4.78, 5) is 2.84. The molecule has 0 aromatic carbocycles. The highest BCUT2D eigenvalue weighted by atomic mass is 15.2. The van der Waals surface area contributed by atoms with E-state index in [0.29, 0.717) is 0 Å². The van der Waals surface area contributed by atoms with Crippen LogP contribution in [0.15, 0.2) is 0 Å². The van der Waals surface area contributed by atoms with Crippen molar-refractivity contribution in [1.82, 2.24) is 10.2 Å². The van der Waals surface area contributed by atoms with Crippen LogP contribution in [0, 0.1) is 17.8 Å². The summed E-state index contributed by atoms with van der Waals surface area (Å²) >= 11 is 0. The second-order valence-electron chi connectivity index (χ2n) is 7.28. The molecule has 1 N–H and O–H groups in total. The number of piperidine rings is 1. The Morgan fingerprint density at radius 2 is 2.05 bits per heavy atom. The molecule has 3 rings (SSSR count). The van der Waals surface area contributed by atoms with Crippen molar-refractivity contribution in [1.29, 1.82) is 0 Å². The molecular formula is C17H32N2. The Labute approximate surface area is 119 Å². The zero-order chi connectivity index (χ0) is 13.1. The summed E-state index contributed by atoms with van der Waals surface area (Å²) in [6.45, 7) is 7.47. The van der Waals surface area contributed by atoms with Gasteiger partial charge in [0.15, 0.2) is 0 Å². The van der Waals surface area contributed by atoms with Gasteiger partial charge in [-0.15, -0.1) is 0 Å². The summed E-state index contributed by atoms with van der Waals surface area (Å²) < 4.78 is 0. The number of hydrogen-bond donors (Lipinski definition) is 1. The van der Waals surface area contributed by atoms with Crippen molar-refractivity contribution in [3.8, 4) is 0 Å². The Kier molecular flexibility index (Phi) is 4.81. The Bertz CT molecular complexity index is 278. The fraction of sp³-hybridized carbons (Fsp3) is 1.00. The summed E-state index contributed by atoms with van der Waals surface area (Å²) in [5.41, 5.74) is 0. The number of rotatable bonds is 6. The van der Waals surface area contributed by atoms with Crippen LogP contribution in [-0.4, -0.2) is 37.1 Å². The predicted molar refractivity (Wildman–Crippen MR) is 81.3 cm³/mol. The molecule has 0 spiro atoms. The Hall–Kier alpha value is -0.0800. The monoisotopic (exact) mass is 264 g/mol. The van der Waals surface area contributed by atoms with Gasteiger partial charge in [0.1, 0.15) is 0 Å². The maximum absolute atomic E-state index is 3.65. The average molecular weight is 264 g/mol. The molecule has 2 aliphatic carbocycles. The van der Waals surface area contributed by atoms with Gasteiger partial charge in [0.05, 0.1) is 0 Å². The summed E-state index contributed by atoms with van der Waals surface area (Å²) in [6, 6.07) is 0.833. The molecule has 1 saturated heterocycles. The van der Waals surface area contributed by atoms with Crippen LogP contribution in [0.25, 0.3) is 0 Å². The molecule has 0 aromatic heterocycles. The Morgan fingerprint density at radius 3 is 2.79 bits per heavy atom. The summed E-state index contributed by atoms with van der Waals surface area (Å²) in [6.07, 6.45) is 11.8. The lowest BCUT2D eigenvalue weighted by atomic mass is 9.87. The van der Waals surface area contributed by atoms with Gasteiger partial charge in [-0.05, 0) is 69.4 Å². The van der Waals surface area contributed by atoms with E-state index in [0.717, 1.165) is 23.8 Å². The molecule has 3 fully saturated rings. The van der Waals surface area contributed by atoms with E-state index in [9.17, 15) is 0 Å². The molecule has 1 aliphatic heterocycles. The van der Waals surface area contributed by atoms with Crippen molar-refractivity contribution in [2.45, 2.75) is 64.3 Å². The van der Waals surface area contributed by atoms with E-state index in [1.54, 1.807) is 25.7 Å².